The summed E-state index contributed by atoms with van der Waals surface area (Å²) < 4.78 is 29.4. The summed E-state index contributed by atoms with van der Waals surface area (Å²) in [6.45, 7) is 1.80. The number of carbonyl (C=O) groups is 1. The zero-order valence-electron chi connectivity index (χ0n) is 17.0. The van der Waals surface area contributed by atoms with Crippen molar-refractivity contribution in [2.75, 3.05) is 34.0 Å². The van der Waals surface area contributed by atoms with Gasteiger partial charge in [0.2, 0.25) is 5.91 Å². The molecule has 1 saturated heterocycles. The average Bonchev–Trinajstić information content (AvgIpc) is 2.77. The van der Waals surface area contributed by atoms with Crippen molar-refractivity contribution >= 4 is 5.91 Å². The summed E-state index contributed by atoms with van der Waals surface area (Å²) >= 11 is 0. The molecule has 1 N–H and O–H groups in total. The number of hydrogen-bond donors (Lipinski definition) is 1. The lowest BCUT2D eigenvalue weighted by Crippen LogP contribution is -2.44. The Balaban J connectivity index is 1.60. The number of rotatable bonds is 8. The minimum absolute atomic E-state index is 0.00670. The quantitative estimate of drug-likeness (QED) is 0.734. The van der Waals surface area contributed by atoms with Crippen LogP contribution in [0.2, 0.25) is 0 Å². The van der Waals surface area contributed by atoms with Gasteiger partial charge in [0, 0.05) is 31.6 Å². The zero-order chi connectivity index (χ0) is 20.7. The highest BCUT2D eigenvalue weighted by Gasteiger charge is 2.34. The Kier molecular flexibility index (Phi) is 7.09. The van der Waals surface area contributed by atoms with Crippen molar-refractivity contribution < 1.29 is 23.4 Å². The van der Waals surface area contributed by atoms with E-state index in [-0.39, 0.29) is 17.1 Å². The first-order chi connectivity index (χ1) is 14.1. The first kappa shape index (κ1) is 21.1. The van der Waals surface area contributed by atoms with Crippen molar-refractivity contribution in [1.82, 2.24) is 5.32 Å². The van der Waals surface area contributed by atoms with Crippen LogP contribution in [0.5, 0.6) is 11.5 Å². The highest BCUT2D eigenvalue weighted by atomic mass is 19.1. The maximum Gasteiger partial charge on any atom is 0.220 e. The minimum atomic E-state index is -0.255. The predicted octanol–water partition coefficient (Wildman–Crippen LogP) is 3.64. The third-order valence-corrected chi connectivity index (χ3v) is 5.62. The monoisotopic (exact) mass is 401 g/mol. The molecule has 0 unspecified atom stereocenters. The maximum atomic E-state index is 13.3. The largest absolute Gasteiger partial charge is 0.493 e. The smallest absolute Gasteiger partial charge is 0.220 e. The Hall–Kier alpha value is -2.60. The van der Waals surface area contributed by atoms with Gasteiger partial charge in [0.25, 0.3) is 0 Å². The molecule has 0 radical (unpaired) electrons. The Morgan fingerprint density at radius 2 is 1.76 bits per heavy atom. The molecule has 0 bridgehead atoms. The molecule has 156 valence electrons. The van der Waals surface area contributed by atoms with Gasteiger partial charge in [-0.25, -0.2) is 4.39 Å². The summed E-state index contributed by atoms with van der Waals surface area (Å²) in [4.78, 5) is 12.5. The van der Waals surface area contributed by atoms with Gasteiger partial charge in [0.1, 0.15) is 5.82 Å². The Bertz CT molecular complexity index is 816. The average molecular weight is 401 g/mol. The number of carbonyl (C=O) groups excluding carboxylic acids is 1. The van der Waals surface area contributed by atoms with Crippen molar-refractivity contribution in [3.63, 3.8) is 0 Å². The molecule has 2 aromatic rings. The first-order valence-corrected chi connectivity index (χ1v) is 9.88. The van der Waals surface area contributed by atoms with Crippen LogP contribution in [0.1, 0.15) is 30.4 Å². The van der Waals surface area contributed by atoms with E-state index >= 15 is 0 Å². The summed E-state index contributed by atoms with van der Waals surface area (Å²) in [5, 5.41) is 3.08. The summed E-state index contributed by atoms with van der Waals surface area (Å²) in [5.74, 6) is 1.06. The van der Waals surface area contributed by atoms with Crippen LogP contribution in [0.25, 0.3) is 0 Å². The van der Waals surface area contributed by atoms with Crippen molar-refractivity contribution in [3.05, 3.63) is 59.4 Å². The summed E-state index contributed by atoms with van der Waals surface area (Å²) in [6.07, 6.45) is 2.59. The lowest BCUT2D eigenvalue weighted by atomic mass is 9.74. The van der Waals surface area contributed by atoms with E-state index in [0.29, 0.717) is 44.1 Å². The Morgan fingerprint density at radius 3 is 2.41 bits per heavy atom. The SMILES string of the molecule is COc1ccc(CCC(=O)NCC2(c3ccc(F)cc3)CCOCC2)cc1OC. The second-order valence-corrected chi connectivity index (χ2v) is 7.37. The number of ether oxygens (including phenoxy) is 3. The topological polar surface area (TPSA) is 56.8 Å². The molecule has 1 aliphatic rings. The van der Waals surface area contributed by atoms with Gasteiger partial charge in [-0.05, 0) is 54.7 Å². The van der Waals surface area contributed by atoms with Crippen LogP contribution in [0.3, 0.4) is 0 Å². The van der Waals surface area contributed by atoms with Crippen molar-refractivity contribution in [3.8, 4) is 11.5 Å². The third-order valence-electron chi connectivity index (χ3n) is 5.62. The van der Waals surface area contributed by atoms with E-state index in [1.54, 1.807) is 14.2 Å². The molecule has 0 atom stereocenters. The lowest BCUT2D eigenvalue weighted by molar-refractivity contribution is -0.121. The Morgan fingerprint density at radius 1 is 1.07 bits per heavy atom. The fourth-order valence-corrected chi connectivity index (χ4v) is 3.78. The summed E-state index contributed by atoms with van der Waals surface area (Å²) in [7, 11) is 3.19. The number of benzene rings is 2. The van der Waals surface area contributed by atoms with Gasteiger partial charge in [0.15, 0.2) is 11.5 Å². The van der Waals surface area contributed by atoms with E-state index in [9.17, 15) is 9.18 Å². The second kappa shape index (κ2) is 9.74. The van der Waals surface area contributed by atoms with Crippen LogP contribution in [0.15, 0.2) is 42.5 Å². The highest BCUT2D eigenvalue weighted by molar-refractivity contribution is 5.76. The number of aryl methyl sites for hydroxylation is 1. The Labute approximate surface area is 171 Å². The molecular formula is C23H28FNO4. The van der Waals surface area contributed by atoms with Gasteiger partial charge in [0.05, 0.1) is 14.2 Å². The summed E-state index contributed by atoms with van der Waals surface area (Å²) in [5.41, 5.74) is 1.84. The van der Waals surface area contributed by atoms with Gasteiger partial charge in [-0.2, -0.15) is 0 Å². The van der Waals surface area contributed by atoms with E-state index in [0.717, 1.165) is 24.0 Å². The van der Waals surface area contributed by atoms with Crippen LogP contribution in [0.4, 0.5) is 4.39 Å². The van der Waals surface area contributed by atoms with E-state index in [4.69, 9.17) is 14.2 Å². The van der Waals surface area contributed by atoms with Crippen LogP contribution < -0.4 is 14.8 Å². The van der Waals surface area contributed by atoms with Crippen LogP contribution in [-0.2, 0) is 21.4 Å². The van der Waals surface area contributed by atoms with Gasteiger partial charge in [-0.3, -0.25) is 4.79 Å². The third kappa shape index (κ3) is 5.26. The van der Waals surface area contributed by atoms with Crippen molar-refractivity contribution in [2.24, 2.45) is 0 Å². The fraction of sp³-hybridized carbons (Fsp3) is 0.435. The number of amides is 1. The van der Waals surface area contributed by atoms with Crippen LogP contribution in [0, 0.1) is 5.82 Å². The minimum Gasteiger partial charge on any atom is -0.493 e. The lowest BCUT2D eigenvalue weighted by Gasteiger charge is -2.38. The molecule has 0 saturated carbocycles. The normalized spacial score (nSPS) is 15.6. The number of nitrogens with one attached hydrogen (secondary N) is 1. The van der Waals surface area contributed by atoms with Gasteiger partial charge in [-0.15, -0.1) is 0 Å². The molecule has 1 fully saturated rings. The molecule has 1 heterocycles. The van der Waals surface area contributed by atoms with Gasteiger partial charge < -0.3 is 19.5 Å². The van der Waals surface area contributed by atoms with Crippen LogP contribution in [-0.4, -0.2) is 39.9 Å². The molecule has 0 spiro atoms. The van der Waals surface area contributed by atoms with Crippen molar-refractivity contribution in [1.29, 1.82) is 0 Å². The van der Waals surface area contributed by atoms with Gasteiger partial charge in [-0.1, -0.05) is 18.2 Å². The highest BCUT2D eigenvalue weighted by Crippen LogP contribution is 2.34. The second-order valence-electron chi connectivity index (χ2n) is 7.37. The number of methoxy groups -OCH3 is 2. The van der Waals surface area contributed by atoms with E-state index in [1.807, 2.05) is 30.3 Å². The van der Waals surface area contributed by atoms with Crippen LogP contribution >= 0.6 is 0 Å². The molecule has 0 aliphatic carbocycles. The predicted molar refractivity (Wildman–Crippen MR) is 109 cm³/mol. The molecular weight excluding hydrogens is 373 g/mol. The number of hydrogen-bond acceptors (Lipinski definition) is 4. The van der Waals surface area contributed by atoms with Gasteiger partial charge >= 0.3 is 0 Å². The molecule has 0 aromatic heterocycles. The maximum absolute atomic E-state index is 13.3. The molecule has 5 nitrogen and oxygen atoms in total. The zero-order valence-corrected chi connectivity index (χ0v) is 17.0. The molecule has 1 aliphatic heterocycles. The van der Waals surface area contributed by atoms with Crippen molar-refractivity contribution in [2.45, 2.75) is 31.1 Å². The fourth-order valence-electron chi connectivity index (χ4n) is 3.78. The molecule has 6 heteroatoms. The van der Waals surface area contributed by atoms with E-state index in [1.165, 1.54) is 12.1 Å². The molecule has 3 rings (SSSR count). The van der Waals surface area contributed by atoms with E-state index < -0.39 is 0 Å². The molecule has 1 amide bonds. The standard InChI is InChI=1S/C23H28FNO4/c1-27-20-9-3-17(15-21(20)28-2)4-10-22(26)25-16-23(11-13-29-14-12-23)18-5-7-19(24)8-6-18/h3,5-9,15H,4,10-14,16H2,1-2H3,(H,25,26). The molecule has 2 aromatic carbocycles. The van der Waals surface area contributed by atoms with E-state index in [2.05, 4.69) is 5.32 Å². The molecule has 29 heavy (non-hydrogen) atoms. The number of halogens is 1. The first-order valence-electron chi connectivity index (χ1n) is 9.88. The summed E-state index contributed by atoms with van der Waals surface area (Å²) in [6, 6.07) is 12.3.